The normalized spacial score (nSPS) is 11.9. The molecule has 1 N–H and O–H groups in total. The Morgan fingerprint density at radius 2 is 1.95 bits per heavy atom. The second-order valence-corrected chi connectivity index (χ2v) is 7.55. The van der Waals surface area contributed by atoms with Crippen LogP contribution in [0.2, 0.25) is 0 Å². The summed E-state index contributed by atoms with van der Waals surface area (Å²) in [6, 6.07) is 6.73. The quantitative estimate of drug-likeness (QED) is 0.882. The molecule has 0 aliphatic heterocycles. The zero-order valence-electron chi connectivity index (χ0n) is 13.8. The zero-order valence-corrected chi connectivity index (χ0v) is 14.6. The maximum Gasteiger partial charge on any atom is 0.0972 e. The first kappa shape index (κ1) is 16.2. The van der Waals surface area contributed by atoms with Crippen LogP contribution in [0.4, 0.5) is 0 Å². The Labute approximate surface area is 132 Å². The van der Waals surface area contributed by atoms with E-state index in [9.17, 15) is 0 Å². The van der Waals surface area contributed by atoms with Gasteiger partial charge in [-0.3, -0.25) is 0 Å². The number of nitrogens with one attached hydrogen (secondary N) is 1. The number of benzene rings is 1. The van der Waals surface area contributed by atoms with Crippen LogP contribution in [0.15, 0.2) is 23.6 Å². The third-order valence-electron chi connectivity index (χ3n) is 3.59. The summed E-state index contributed by atoms with van der Waals surface area (Å²) in [5.41, 5.74) is 5.43. The predicted molar refractivity (Wildman–Crippen MR) is 92.2 cm³/mol. The van der Waals surface area contributed by atoms with E-state index in [2.05, 4.69) is 63.5 Å². The number of hydrogen-bond donors (Lipinski definition) is 1. The number of thiazole rings is 1. The molecule has 0 fully saturated rings. The van der Waals surface area contributed by atoms with Crippen LogP contribution < -0.4 is 5.32 Å². The van der Waals surface area contributed by atoms with Gasteiger partial charge in [-0.25, -0.2) is 4.98 Å². The van der Waals surface area contributed by atoms with Crippen molar-refractivity contribution in [2.24, 2.45) is 0 Å². The number of hydrogen-bond acceptors (Lipinski definition) is 3. The second kappa shape index (κ2) is 6.71. The van der Waals surface area contributed by atoms with Gasteiger partial charge in [0.1, 0.15) is 0 Å². The summed E-state index contributed by atoms with van der Waals surface area (Å²) in [5, 5.41) is 6.84. The molecule has 3 heteroatoms. The smallest absolute Gasteiger partial charge is 0.0972 e. The van der Waals surface area contributed by atoms with Crippen molar-refractivity contribution in [1.82, 2.24) is 10.3 Å². The van der Waals surface area contributed by atoms with Gasteiger partial charge in [-0.1, -0.05) is 51.5 Å². The van der Waals surface area contributed by atoms with E-state index in [1.54, 1.807) is 11.3 Å². The summed E-state index contributed by atoms with van der Waals surface area (Å²) < 4.78 is 0. The van der Waals surface area contributed by atoms with E-state index in [0.717, 1.165) is 19.5 Å². The fourth-order valence-electron chi connectivity index (χ4n) is 2.25. The number of aryl methyl sites for hydroxylation is 1. The van der Waals surface area contributed by atoms with Gasteiger partial charge in [0.25, 0.3) is 0 Å². The van der Waals surface area contributed by atoms with E-state index >= 15 is 0 Å². The summed E-state index contributed by atoms with van der Waals surface area (Å²) in [4.78, 5) is 4.83. The Balaban J connectivity index is 2.22. The Hall–Kier alpha value is -1.19. The van der Waals surface area contributed by atoms with Gasteiger partial charge in [0.05, 0.1) is 10.7 Å². The third-order valence-corrected chi connectivity index (χ3v) is 4.44. The van der Waals surface area contributed by atoms with Crippen LogP contribution in [0.5, 0.6) is 0 Å². The van der Waals surface area contributed by atoms with Gasteiger partial charge in [0.15, 0.2) is 0 Å². The molecular weight excluding hydrogens is 276 g/mol. The number of aromatic nitrogens is 1. The van der Waals surface area contributed by atoms with Gasteiger partial charge >= 0.3 is 0 Å². The minimum atomic E-state index is 0.133. The van der Waals surface area contributed by atoms with E-state index in [1.807, 2.05) is 0 Å². The van der Waals surface area contributed by atoms with Crippen molar-refractivity contribution in [3.05, 3.63) is 51.0 Å². The van der Waals surface area contributed by atoms with E-state index in [0.29, 0.717) is 0 Å². The van der Waals surface area contributed by atoms with Crippen molar-refractivity contribution in [2.45, 2.75) is 53.0 Å². The van der Waals surface area contributed by atoms with Crippen molar-refractivity contribution in [3.63, 3.8) is 0 Å². The fourth-order valence-corrected chi connectivity index (χ4v) is 3.29. The van der Waals surface area contributed by atoms with Crippen LogP contribution in [0.25, 0.3) is 0 Å². The molecular formula is C18H26N2S. The molecule has 21 heavy (non-hydrogen) atoms. The summed E-state index contributed by atoms with van der Waals surface area (Å²) in [7, 11) is 0. The molecule has 2 nitrogen and oxygen atoms in total. The van der Waals surface area contributed by atoms with E-state index < -0.39 is 0 Å². The number of nitrogens with zero attached hydrogens (tertiary/aromatic N) is 1. The van der Waals surface area contributed by atoms with Gasteiger partial charge in [-0.05, 0) is 24.6 Å². The molecule has 0 unspecified atom stereocenters. The van der Waals surface area contributed by atoms with Gasteiger partial charge in [0, 0.05) is 23.8 Å². The molecule has 1 heterocycles. The maximum atomic E-state index is 4.83. The fraction of sp³-hybridized carbons (Fsp3) is 0.500. The Kier molecular flexibility index (Phi) is 5.17. The third kappa shape index (κ3) is 4.39. The summed E-state index contributed by atoms with van der Waals surface area (Å²) in [5.74, 6) is 0. The van der Waals surface area contributed by atoms with E-state index in [4.69, 9.17) is 4.98 Å². The first-order chi connectivity index (χ1) is 9.90. The lowest BCUT2D eigenvalue weighted by Gasteiger charge is -2.14. The molecule has 0 radical (unpaired) electrons. The molecule has 2 aromatic rings. The summed E-state index contributed by atoms with van der Waals surface area (Å²) >= 11 is 1.78. The molecule has 0 aliphatic rings. The van der Waals surface area contributed by atoms with Crippen molar-refractivity contribution in [2.75, 3.05) is 6.54 Å². The van der Waals surface area contributed by atoms with Gasteiger partial charge < -0.3 is 5.32 Å². The van der Waals surface area contributed by atoms with Crippen LogP contribution in [0, 0.1) is 6.92 Å². The van der Waals surface area contributed by atoms with Gasteiger partial charge in [0.2, 0.25) is 0 Å². The molecule has 0 saturated carbocycles. The minimum absolute atomic E-state index is 0.133. The summed E-state index contributed by atoms with van der Waals surface area (Å²) in [6.07, 6.45) is 0.934. The van der Waals surface area contributed by atoms with Crippen molar-refractivity contribution < 1.29 is 0 Å². The van der Waals surface area contributed by atoms with Gasteiger partial charge in [-0.15, -0.1) is 11.3 Å². The molecule has 0 spiro atoms. The molecule has 1 aromatic carbocycles. The molecule has 0 aliphatic carbocycles. The molecule has 0 amide bonds. The highest BCUT2D eigenvalue weighted by atomic mass is 32.1. The largest absolute Gasteiger partial charge is 0.313 e. The molecule has 0 saturated heterocycles. The molecule has 1 aromatic heterocycles. The number of rotatable bonds is 5. The lowest BCUT2D eigenvalue weighted by atomic mass is 9.93. The molecule has 0 bridgehead atoms. The SMILES string of the molecule is CCNCc1ccc(C)cc1Cc1nc(C(C)(C)C)cs1. The Morgan fingerprint density at radius 1 is 1.19 bits per heavy atom. The lowest BCUT2D eigenvalue weighted by molar-refractivity contribution is 0.571. The van der Waals surface area contributed by atoms with Gasteiger partial charge in [-0.2, -0.15) is 0 Å². The van der Waals surface area contributed by atoms with Crippen molar-refractivity contribution >= 4 is 11.3 Å². The highest BCUT2D eigenvalue weighted by molar-refractivity contribution is 7.09. The Morgan fingerprint density at radius 3 is 2.57 bits per heavy atom. The average molecular weight is 302 g/mol. The lowest BCUT2D eigenvalue weighted by Crippen LogP contribution is -2.14. The molecule has 114 valence electrons. The van der Waals surface area contributed by atoms with Crippen LogP contribution in [-0.2, 0) is 18.4 Å². The van der Waals surface area contributed by atoms with Crippen molar-refractivity contribution in [3.8, 4) is 0 Å². The highest BCUT2D eigenvalue weighted by Gasteiger charge is 2.17. The Bertz CT molecular complexity index is 594. The maximum absolute atomic E-state index is 4.83. The highest BCUT2D eigenvalue weighted by Crippen LogP contribution is 2.26. The minimum Gasteiger partial charge on any atom is -0.313 e. The van der Waals surface area contributed by atoms with Crippen LogP contribution in [0.3, 0.4) is 0 Å². The monoisotopic (exact) mass is 302 g/mol. The first-order valence-corrected chi connectivity index (χ1v) is 8.52. The van der Waals surface area contributed by atoms with Crippen LogP contribution in [0.1, 0.15) is 55.1 Å². The molecule has 2 rings (SSSR count). The summed E-state index contributed by atoms with van der Waals surface area (Å²) in [6.45, 7) is 12.9. The average Bonchev–Trinajstić information content (AvgIpc) is 2.86. The standard InChI is InChI=1S/C18H26N2S/c1-6-19-11-14-8-7-13(2)9-15(14)10-17-20-16(12-21-17)18(3,4)5/h7-9,12,19H,6,10-11H2,1-5H3. The zero-order chi connectivity index (χ0) is 15.5. The van der Waals surface area contributed by atoms with E-state index in [-0.39, 0.29) is 5.41 Å². The van der Waals surface area contributed by atoms with Crippen molar-refractivity contribution in [1.29, 1.82) is 0 Å². The second-order valence-electron chi connectivity index (χ2n) is 6.61. The van der Waals surface area contributed by atoms with E-state index in [1.165, 1.54) is 27.4 Å². The topological polar surface area (TPSA) is 24.9 Å². The first-order valence-electron chi connectivity index (χ1n) is 7.64. The predicted octanol–water partition coefficient (Wildman–Crippen LogP) is 4.45. The van der Waals surface area contributed by atoms with Crippen LogP contribution >= 0.6 is 11.3 Å². The molecule has 0 atom stereocenters. The van der Waals surface area contributed by atoms with Crippen LogP contribution in [-0.4, -0.2) is 11.5 Å².